The maximum Gasteiger partial charge on any atom is 0.126 e. The van der Waals surface area contributed by atoms with E-state index in [-0.39, 0.29) is 5.82 Å². The van der Waals surface area contributed by atoms with Gasteiger partial charge in [0.05, 0.1) is 12.8 Å². The number of aromatic nitrogens is 2. The predicted octanol–water partition coefficient (Wildman–Crippen LogP) is 3.78. The van der Waals surface area contributed by atoms with Crippen molar-refractivity contribution in [3.05, 3.63) is 71.2 Å². The first-order chi connectivity index (χ1) is 12.2. The minimum atomic E-state index is -0.275. The Kier molecular flexibility index (Phi) is 4.24. The SMILES string of the molecule is COc1cc(F)ccc1CN1CCc2[nH]nc(-c3ccccc3)c2C1. The molecule has 0 fully saturated rings. The van der Waals surface area contributed by atoms with E-state index in [9.17, 15) is 4.39 Å². The Morgan fingerprint density at radius 3 is 2.84 bits per heavy atom. The van der Waals surface area contributed by atoms with Gasteiger partial charge in [0.25, 0.3) is 0 Å². The van der Waals surface area contributed by atoms with E-state index in [4.69, 9.17) is 4.74 Å². The smallest absolute Gasteiger partial charge is 0.126 e. The Morgan fingerprint density at radius 1 is 1.20 bits per heavy atom. The Hall–Kier alpha value is -2.66. The molecule has 0 amide bonds. The number of H-pyrrole nitrogens is 1. The number of nitrogens with one attached hydrogen (secondary N) is 1. The quantitative estimate of drug-likeness (QED) is 0.788. The Labute approximate surface area is 146 Å². The monoisotopic (exact) mass is 337 g/mol. The molecule has 0 aliphatic carbocycles. The number of aromatic amines is 1. The Balaban J connectivity index is 1.58. The molecule has 0 atom stereocenters. The third-order valence-electron chi connectivity index (χ3n) is 4.70. The zero-order valence-electron chi connectivity index (χ0n) is 14.1. The van der Waals surface area contributed by atoms with Crippen molar-refractivity contribution in [3.63, 3.8) is 0 Å². The predicted molar refractivity (Wildman–Crippen MR) is 94.8 cm³/mol. The van der Waals surface area contributed by atoms with Crippen LogP contribution in [0.15, 0.2) is 48.5 Å². The third-order valence-corrected chi connectivity index (χ3v) is 4.70. The van der Waals surface area contributed by atoms with Crippen molar-refractivity contribution < 1.29 is 9.13 Å². The molecular formula is C20H20FN3O. The van der Waals surface area contributed by atoms with Crippen LogP contribution in [0.2, 0.25) is 0 Å². The zero-order chi connectivity index (χ0) is 17.2. The summed E-state index contributed by atoms with van der Waals surface area (Å²) in [6, 6.07) is 15.0. The molecule has 0 spiro atoms. The fourth-order valence-corrected chi connectivity index (χ4v) is 3.41. The molecule has 128 valence electrons. The number of halogens is 1. The van der Waals surface area contributed by atoms with Crippen molar-refractivity contribution in [2.24, 2.45) is 0 Å². The number of nitrogens with zero attached hydrogens (tertiary/aromatic N) is 2. The molecule has 1 aliphatic heterocycles. The molecule has 0 bridgehead atoms. The van der Waals surface area contributed by atoms with Crippen LogP contribution in [0.25, 0.3) is 11.3 Å². The van der Waals surface area contributed by atoms with Crippen LogP contribution in [-0.4, -0.2) is 28.8 Å². The summed E-state index contributed by atoms with van der Waals surface area (Å²) >= 11 is 0. The van der Waals surface area contributed by atoms with Gasteiger partial charge >= 0.3 is 0 Å². The fraction of sp³-hybridized carbons (Fsp3) is 0.250. The summed E-state index contributed by atoms with van der Waals surface area (Å²) in [5.74, 6) is 0.323. The van der Waals surface area contributed by atoms with Crippen LogP contribution in [0, 0.1) is 5.82 Å². The Bertz CT molecular complexity index is 876. The van der Waals surface area contributed by atoms with E-state index >= 15 is 0 Å². The van der Waals surface area contributed by atoms with Gasteiger partial charge in [-0.15, -0.1) is 0 Å². The van der Waals surface area contributed by atoms with Crippen LogP contribution in [0.1, 0.15) is 16.8 Å². The largest absolute Gasteiger partial charge is 0.496 e. The Morgan fingerprint density at radius 2 is 2.04 bits per heavy atom. The van der Waals surface area contributed by atoms with E-state index in [1.807, 2.05) is 18.2 Å². The molecule has 3 aromatic rings. The first-order valence-corrected chi connectivity index (χ1v) is 8.41. The van der Waals surface area contributed by atoms with E-state index in [1.165, 1.54) is 23.4 Å². The maximum atomic E-state index is 13.4. The number of rotatable bonds is 4. The van der Waals surface area contributed by atoms with Gasteiger partial charge in [0.15, 0.2) is 0 Å². The minimum Gasteiger partial charge on any atom is -0.496 e. The molecule has 5 heteroatoms. The van der Waals surface area contributed by atoms with Gasteiger partial charge < -0.3 is 4.74 Å². The van der Waals surface area contributed by atoms with Crippen LogP contribution in [-0.2, 0) is 19.5 Å². The number of methoxy groups -OCH3 is 1. The van der Waals surface area contributed by atoms with E-state index in [0.717, 1.165) is 42.9 Å². The highest BCUT2D eigenvalue weighted by molar-refractivity contribution is 5.64. The molecule has 25 heavy (non-hydrogen) atoms. The lowest BCUT2D eigenvalue weighted by molar-refractivity contribution is 0.241. The summed E-state index contributed by atoms with van der Waals surface area (Å²) in [5.41, 5.74) is 5.60. The molecule has 1 aliphatic rings. The van der Waals surface area contributed by atoms with Crippen LogP contribution in [0.4, 0.5) is 4.39 Å². The number of benzene rings is 2. The highest BCUT2D eigenvalue weighted by atomic mass is 19.1. The lowest BCUT2D eigenvalue weighted by atomic mass is 10.0. The van der Waals surface area contributed by atoms with Crippen LogP contribution >= 0.6 is 0 Å². The molecule has 0 unspecified atom stereocenters. The second kappa shape index (κ2) is 6.69. The van der Waals surface area contributed by atoms with Crippen molar-refractivity contribution in [2.45, 2.75) is 19.5 Å². The van der Waals surface area contributed by atoms with Gasteiger partial charge in [-0.1, -0.05) is 36.4 Å². The van der Waals surface area contributed by atoms with Gasteiger partial charge in [0, 0.05) is 54.5 Å². The van der Waals surface area contributed by atoms with E-state index < -0.39 is 0 Å². The summed E-state index contributed by atoms with van der Waals surface area (Å²) in [7, 11) is 1.58. The average molecular weight is 337 g/mol. The zero-order valence-corrected chi connectivity index (χ0v) is 14.1. The topological polar surface area (TPSA) is 41.1 Å². The normalized spacial score (nSPS) is 14.3. The highest BCUT2D eigenvalue weighted by Crippen LogP contribution is 2.30. The van der Waals surface area contributed by atoms with Crippen molar-refractivity contribution in [2.75, 3.05) is 13.7 Å². The number of ether oxygens (including phenoxy) is 1. The lowest BCUT2D eigenvalue weighted by Gasteiger charge is -2.27. The van der Waals surface area contributed by atoms with Gasteiger partial charge in [-0.05, 0) is 6.07 Å². The second-order valence-electron chi connectivity index (χ2n) is 6.31. The summed E-state index contributed by atoms with van der Waals surface area (Å²) in [6.45, 7) is 2.48. The standard InChI is InChI=1S/C20H20FN3O/c1-25-19-11-16(21)8-7-15(19)12-24-10-9-18-17(13-24)20(23-22-18)14-5-3-2-4-6-14/h2-8,11H,9-10,12-13H2,1H3,(H,22,23). The molecule has 1 N–H and O–H groups in total. The molecule has 2 heterocycles. The molecular weight excluding hydrogens is 317 g/mol. The second-order valence-corrected chi connectivity index (χ2v) is 6.31. The van der Waals surface area contributed by atoms with Crippen molar-refractivity contribution >= 4 is 0 Å². The van der Waals surface area contributed by atoms with Gasteiger partial charge in [0.1, 0.15) is 11.6 Å². The molecule has 0 saturated heterocycles. The minimum absolute atomic E-state index is 0.275. The van der Waals surface area contributed by atoms with E-state index in [2.05, 4.69) is 27.2 Å². The van der Waals surface area contributed by atoms with Gasteiger partial charge in [-0.3, -0.25) is 10.00 Å². The first kappa shape index (κ1) is 15.8. The lowest BCUT2D eigenvalue weighted by Crippen LogP contribution is -2.30. The fourth-order valence-electron chi connectivity index (χ4n) is 3.41. The highest BCUT2D eigenvalue weighted by Gasteiger charge is 2.23. The maximum absolute atomic E-state index is 13.4. The van der Waals surface area contributed by atoms with Crippen molar-refractivity contribution in [1.82, 2.24) is 15.1 Å². The number of hydrogen-bond donors (Lipinski definition) is 1. The van der Waals surface area contributed by atoms with Gasteiger partial charge in [-0.25, -0.2) is 4.39 Å². The van der Waals surface area contributed by atoms with Crippen LogP contribution in [0.5, 0.6) is 5.75 Å². The van der Waals surface area contributed by atoms with E-state index in [0.29, 0.717) is 5.75 Å². The first-order valence-electron chi connectivity index (χ1n) is 8.41. The summed E-state index contributed by atoms with van der Waals surface area (Å²) in [5, 5.41) is 7.72. The van der Waals surface area contributed by atoms with Crippen molar-refractivity contribution in [1.29, 1.82) is 0 Å². The van der Waals surface area contributed by atoms with Crippen molar-refractivity contribution in [3.8, 4) is 17.0 Å². The van der Waals surface area contributed by atoms with Gasteiger partial charge in [-0.2, -0.15) is 5.10 Å². The molecule has 1 aromatic heterocycles. The van der Waals surface area contributed by atoms with Crippen LogP contribution in [0.3, 0.4) is 0 Å². The molecule has 0 radical (unpaired) electrons. The summed E-state index contributed by atoms with van der Waals surface area (Å²) in [4.78, 5) is 2.35. The summed E-state index contributed by atoms with van der Waals surface area (Å²) in [6.07, 6.45) is 0.929. The average Bonchev–Trinajstić information content (AvgIpc) is 3.07. The van der Waals surface area contributed by atoms with Crippen LogP contribution < -0.4 is 4.74 Å². The van der Waals surface area contributed by atoms with Gasteiger partial charge in [0.2, 0.25) is 0 Å². The molecule has 4 rings (SSSR count). The molecule has 4 nitrogen and oxygen atoms in total. The molecule has 0 saturated carbocycles. The third kappa shape index (κ3) is 3.15. The number of fused-ring (bicyclic) bond motifs is 1. The van der Waals surface area contributed by atoms with E-state index in [1.54, 1.807) is 13.2 Å². The molecule has 2 aromatic carbocycles. The number of hydrogen-bond acceptors (Lipinski definition) is 3. The summed E-state index contributed by atoms with van der Waals surface area (Å²) < 4.78 is 18.7.